The van der Waals surface area contributed by atoms with E-state index in [2.05, 4.69) is 5.16 Å². The first-order valence-electron chi connectivity index (χ1n) is 10.2. The third-order valence-corrected chi connectivity index (χ3v) is 6.50. The van der Waals surface area contributed by atoms with E-state index in [0.29, 0.717) is 17.9 Å². The minimum Gasteiger partial charge on any atom is -0.452 e. The number of anilines is 1. The van der Waals surface area contributed by atoms with Crippen LogP contribution in [-0.4, -0.2) is 30.2 Å². The molecule has 0 aliphatic carbocycles. The first-order valence-corrected chi connectivity index (χ1v) is 11.2. The maximum atomic E-state index is 12.8. The number of ether oxygens (including phenoxy) is 1. The van der Waals surface area contributed by atoms with Crippen molar-refractivity contribution in [2.24, 2.45) is 0 Å². The highest BCUT2D eigenvalue weighted by molar-refractivity contribution is 7.98. The van der Waals surface area contributed by atoms with Crippen molar-refractivity contribution in [2.75, 3.05) is 18.1 Å². The fourth-order valence-electron chi connectivity index (χ4n) is 3.69. The van der Waals surface area contributed by atoms with Crippen LogP contribution < -0.4 is 4.90 Å². The van der Waals surface area contributed by atoms with E-state index in [9.17, 15) is 9.59 Å². The van der Waals surface area contributed by atoms with Crippen LogP contribution in [0.2, 0.25) is 0 Å². The quantitative estimate of drug-likeness (QED) is 0.411. The Morgan fingerprint density at radius 3 is 2.71 bits per heavy atom. The summed E-state index contributed by atoms with van der Waals surface area (Å²) in [6.45, 7) is 4.13. The van der Waals surface area contributed by atoms with Gasteiger partial charge in [0.15, 0.2) is 6.61 Å². The molecule has 2 aromatic carbocycles. The van der Waals surface area contributed by atoms with Crippen LogP contribution in [0.1, 0.15) is 39.4 Å². The monoisotopic (exact) mass is 436 g/mol. The van der Waals surface area contributed by atoms with E-state index in [0.717, 1.165) is 46.0 Å². The molecular weight excluding hydrogens is 412 g/mol. The van der Waals surface area contributed by atoms with Crippen LogP contribution in [0.25, 0.3) is 0 Å². The van der Waals surface area contributed by atoms with E-state index >= 15 is 0 Å². The Hall–Kier alpha value is -3.06. The van der Waals surface area contributed by atoms with Gasteiger partial charge >= 0.3 is 5.97 Å². The largest absolute Gasteiger partial charge is 0.452 e. The summed E-state index contributed by atoms with van der Waals surface area (Å²) in [5.74, 6) is 0.703. The number of benzene rings is 2. The van der Waals surface area contributed by atoms with Gasteiger partial charge in [-0.15, -0.1) is 11.8 Å². The summed E-state index contributed by atoms with van der Waals surface area (Å²) in [4.78, 5) is 28.0. The smallest absolute Gasteiger partial charge is 0.339 e. The predicted molar refractivity (Wildman–Crippen MR) is 119 cm³/mol. The molecule has 31 heavy (non-hydrogen) atoms. The number of rotatable bonds is 6. The molecule has 0 radical (unpaired) electrons. The van der Waals surface area contributed by atoms with Crippen molar-refractivity contribution in [3.8, 4) is 0 Å². The number of hydrogen-bond donors (Lipinski definition) is 0. The Bertz CT molecular complexity index is 1090. The number of hydrogen-bond acceptors (Lipinski definition) is 6. The van der Waals surface area contributed by atoms with Gasteiger partial charge < -0.3 is 14.2 Å². The molecule has 0 bridgehead atoms. The van der Waals surface area contributed by atoms with Gasteiger partial charge in [-0.05, 0) is 50.5 Å². The number of thioether (sulfide) groups is 1. The SMILES string of the molecule is Cc1noc(C)c1CSc1ccccc1C(=O)OCC(=O)N1CCCc2ccccc21. The number of carbonyl (C=O) groups is 2. The Morgan fingerprint density at radius 2 is 1.90 bits per heavy atom. The van der Waals surface area contributed by atoms with E-state index < -0.39 is 5.97 Å². The van der Waals surface area contributed by atoms with Crippen LogP contribution in [0, 0.1) is 13.8 Å². The summed E-state index contributed by atoms with van der Waals surface area (Å²) in [5.41, 5.74) is 4.37. The summed E-state index contributed by atoms with van der Waals surface area (Å²) < 4.78 is 10.6. The van der Waals surface area contributed by atoms with E-state index in [4.69, 9.17) is 9.26 Å². The summed E-state index contributed by atoms with van der Waals surface area (Å²) in [6.07, 6.45) is 1.85. The summed E-state index contributed by atoms with van der Waals surface area (Å²) in [5, 5.41) is 3.97. The zero-order valence-corrected chi connectivity index (χ0v) is 18.4. The molecule has 0 unspecified atom stereocenters. The van der Waals surface area contributed by atoms with Crippen molar-refractivity contribution >= 4 is 29.3 Å². The van der Waals surface area contributed by atoms with Crippen molar-refractivity contribution < 1.29 is 18.8 Å². The maximum absolute atomic E-state index is 12.8. The van der Waals surface area contributed by atoms with Crippen molar-refractivity contribution in [3.05, 3.63) is 76.7 Å². The topological polar surface area (TPSA) is 72.6 Å². The third kappa shape index (κ3) is 4.66. The van der Waals surface area contributed by atoms with E-state index in [1.165, 1.54) is 11.8 Å². The maximum Gasteiger partial charge on any atom is 0.339 e. The average molecular weight is 437 g/mol. The fourth-order valence-corrected chi connectivity index (χ4v) is 4.89. The number of amides is 1. The molecule has 0 spiro atoms. The third-order valence-electron chi connectivity index (χ3n) is 5.40. The van der Waals surface area contributed by atoms with Crippen LogP contribution in [0.5, 0.6) is 0 Å². The van der Waals surface area contributed by atoms with Gasteiger partial charge in [-0.25, -0.2) is 4.79 Å². The van der Waals surface area contributed by atoms with E-state index in [1.54, 1.807) is 17.0 Å². The highest BCUT2D eigenvalue weighted by atomic mass is 32.2. The normalized spacial score (nSPS) is 13.0. The van der Waals surface area contributed by atoms with Gasteiger partial charge in [-0.1, -0.05) is 35.5 Å². The molecule has 2 heterocycles. The highest BCUT2D eigenvalue weighted by Crippen LogP contribution is 2.30. The lowest BCUT2D eigenvalue weighted by Gasteiger charge is -2.29. The van der Waals surface area contributed by atoms with Crippen LogP contribution in [0.3, 0.4) is 0 Å². The lowest BCUT2D eigenvalue weighted by Crippen LogP contribution is -2.38. The first kappa shape index (κ1) is 21.2. The molecule has 6 nitrogen and oxygen atoms in total. The van der Waals surface area contributed by atoms with Crippen LogP contribution in [0.15, 0.2) is 57.9 Å². The number of aryl methyl sites for hydroxylation is 3. The summed E-state index contributed by atoms with van der Waals surface area (Å²) in [6, 6.07) is 15.1. The molecular formula is C24H24N2O4S. The fraction of sp³-hybridized carbons (Fsp3) is 0.292. The minimum absolute atomic E-state index is 0.207. The summed E-state index contributed by atoms with van der Waals surface area (Å²) in [7, 11) is 0. The Morgan fingerprint density at radius 1 is 1.13 bits per heavy atom. The molecule has 0 N–H and O–H groups in total. The second-order valence-electron chi connectivity index (χ2n) is 7.44. The number of aromatic nitrogens is 1. The van der Waals surface area contributed by atoms with E-state index in [-0.39, 0.29) is 12.5 Å². The molecule has 1 amide bonds. The molecule has 1 aliphatic heterocycles. The van der Waals surface area contributed by atoms with Gasteiger partial charge in [-0.3, -0.25) is 4.79 Å². The van der Waals surface area contributed by atoms with Gasteiger partial charge in [0, 0.05) is 28.4 Å². The highest BCUT2D eigenvalue weighted by Gasteiger charge is 2.24. The lowest BCUT2D eigenvalue weighted by molar-refractivity contribution is -0.121. The van der Waals surface area contributed by atoms with E-state index in [1.807, 2.05) is 50.2 Å². The molecule has 160 valence electrons. The molecule has 0 fully saturated rings. The lowest BCUT2D eigenvalue weighted by atomic mass is 10.0. The number of para-hydroxylation sites is 1. The minimum atomic E-state index is -0.500. The number of fused-ring (bicyclic) bond motifs is 1. The molecule has 1 aromatic heterocycles. The van der Waals surface area contributed by atoms with Gasteiger partial charge in [0.25, 0.3) is 5.91 Å². The molecule has 0 saturated heterocycles. The molecule has 1 aliphatic rings. The zero-order valence-electron chi connectivity index (χ0n) is 17.6. The van der Waals surface area contributed by atoms with Gasteiger partial charge in [0.05, 0.1) is 11.3 Å². The van der Waals surface area contributed by atoms with Crippen molar-refractivity contribution in [1.29, 1.82) is 0 Å². The Labute approximate surface area is 185 Å². The number of nitrogens with zero attached hydrogens (tertiary/aromatic N) is 2. The van der Waals surface area contributed by atoms with Crippen LogP contribution in [-0.2, 0) is 21.7 Å². The first-order chi connectivity index (χ1) is 15.0. The predicted octanol–water partition coefficient (Wildman–Crippen LogP) is 4.72. The second-order valence-corrected chi connectivity index (χ2v) is 8.46. The number of esters is 1. The molecule has 0 saturated carbocycles. The van der Waals surface area contributed by atoms with Crippen LogP contribution >= 0.6 is 11.8 Å². The molecule has 4 rings (SSSR count). The zero-order chi connectivity index (χ0) is 21.8. The van der Waals surface area contributed by atoms with Gasteiger partial charge in [-0.2, -0.15) is 0 Å². The van der Waals surface area contributed by atoms with Crippen molar-refractivity contribution in [1.82, 2.24) is 5.16 Å². The standard InChI is InChI=1S/C24H24N2O4S/c1-16-20(17(2)30-25-16)15-31-22-12-6-4-10-19(22)24(28)29-14-23(27)26-13-7-9-18-8-3-5-11-21(18)26/h3-6,8,10-12H,7,9,13-15H2,1-2H3. The van der Waals surface area contributed by atoms with Gasteiger partial charge in [0.1, 0.15) is 5.76 Å². The van der Waals surface area contributed by atoms with Crippen molar-refractivity contribution in [3.63, 3.8) is 0 Å². The number of carbonyl (C=O) groups excluding carboxylic acids is 2. The molecule has 3 aromatic rings. The summed E-state index contributed by atoms with van der Waals surface area (Å²) >= 11 is 1.52. The molecule has 7 heteroatoms. The average Bonchev–Trinajstić information content (AvgIpc) is 3.12. The Kier molecular flexibility index (Phi) is 6.42. The van der Waals surface area contributed by atoms with Crippen LogP contribution in [0.4, 0.5) is 5.69 Å². The molecule has 0 atom stereocenters. The van der Waals surface area contributed by atoms with Crippen molar-refractivity contribution in [2.45, 2.75) is 37.3 Å². The van der Waals surface area contributed by atoms with Gasteiger partial charge in [0.2, 0.25) is 0 Å². The Balaban J connectivity index is 1.41. The second kappa shape index (κ2) is 9.39.